The molecule has 0 bridgehead atoms. The molecule has 0 spiro atoms. The van der Waals surface area contributed by atoms with Gasteiger partial charge in [0.05, 0.1) is 12.8 Å². The molecule has 0 atom stereocenters. The first-order valence-corrected chi connectivity index (χ1v) is 10.5. The van der Waals surface area contributed by atoms with Gasteiger partial charge in [0.15, 0.2) is 5.11 Å². The van der Waals surface area contributed by atoms with E-state index in [2.05, 4.69) is 39.3 Å². The van der Waals surface area contributed by atoms with E-state index in [-0.39, 0.29) is 0 Å². The molecule has 1 aromatic heterocycles. The van der Waals surface area contributed by atoms with Crippen LogP contribution in [-0.4, -0.2) is 35.3 Å². The first-order valence-electron chi connectivity index (χ1n) is 10.1. The van der Waals surface area contributed by atoms with Crippen molar-refractivity contribution in [2.45, 2.75) is 20.8 Å². The molecule has 31 heavy (non-hydrogen) atoms. The van der Waals surface area contributed by atoms with Crippen LogP contribution in [0.25, 0.3) is 0 Å². The van der Waals surface area contributed by atoms with Crippen molar-refractivity contribution in [2.24, 2.45) is 0 Å². The molecule has 0 aliphatic carbocycles. The maximum Gasteiger partial charge on any atom is 0.248 e. The number of hydrogen-bond acceptors (Lipinski definition) is 6. The fraction of sp³-hybridized carbons (Fsp3) is 0.261. The molecule has 3 aromatic rings. The van der Waals surface area contributed by atoms with Gasteiger partial charge in [-0.3, -0.25) is 0 Å². The number of benzene rings is 2. The molecule has 0 aliphatic rings. The van der Waals surface area contributed by atoms with Crippen LogP contribution >= 0.6 is 12.2 Å². The van der Waals surface area contributed by atoms with Gasteiger partial charge in [-0.05, 0) is 69.4 Å². The van der Waals surface area contributed by atoms with Crippen LogP contribution < -0.4 is 25.0 Å². The number of nitrogens with one attached hydrogen (secondary N) is 2. The van der Waals surface area contributed by atoms with E-state index in [0.29, 0.717) is 28.4 Å². The van der Waals surface area contributed by atoms with Gasteiger partial charge in [0.2, 0.25) is 11.8 Å². The Bertz CT molecular complexity index is 1010. The van der Waals surface area contributed by atoms with E-state index in [1.54, 1.807) is 7.11 Å². The molecular formula is C23H27N5O2S. The smallest absolute Gasteiger partial charge is 0.248 e. The number of rotatable bonds is 8. The standard InChI is InChI=1S/C23H27N5O2S/c1-5-28(6-2)22-24-16(3)20(26-23(31)25-17-10-8-7-9-11-17)21(27-22)30-19-14-12-18(29-4)13-15-19/h7-15H,5-6H2,1-4H3,(H2,25,26,31). The summed E-state index contributed by atoms with van der Waals surface area (Å²) >= 11 is 5.50. The molecule has 0 unspecified atom stereocenters. The lowest BCUT2D eigenvalue weighted by molar-refractivity contribution is 0.412. The lowest BCUT2D eigenvalue weighted by Crippen LogP contribution is -2.26. The zero-order valence-corrected chi connectivity index (χ0v) is 19.0. The molecule has 0 saturated carbocycles. The van der Waals surface area contributed by atoms with Crippen molar-refractivity contribution >= 4 is 34.7 Å². The quantitative estimate of drug-likeness (QED) is 0.464. The van der Waals surface area contributed by atoms with Crippen LogP contribution in [0.4, 0.5) is 17.3 Å². The highest BCUT2D eigenvalue weighted by Crippen LogP contribution is 2.32. The second kappa shape index (κ2) is 10.6. The number of aromatic nitrogens is 2. The van der Waals surface area contributed by atoms with Gasteiger partial charge in [0.25, 0.3) is 0 Å². The van der Waals surface area contributed by atoms with E-state index in [0.717, 1.165) is 30.2 Å². The van der Waals surface area contributed by atoms with Gasteiger partial charge in [0, 0.05) is 18.8 Å². The molecule has 2 aromatic carbocycles. The predicted molar refractivity (Wildman–Crippen MR) is 130 cm³/mol. The van der Waals surface area contributed by atoms with Gasteiger partial charge in [0.1, 0.15) is 17.2 Å². The minimum atomic E-state index is 0.400. The van der Waals surface area contributed by atoms with E-state index in [1.165, 1.54) is 0 Å². The lowest BCUT2D eigenvalue weighted by Gasteiger charge is -2.22. The topological polar surface area (TPSA) is 71.5 Å². The average Bonchev–Trinajstić information content (AvgIpc) is 2.78. The molecule has 0 saturated heterocycles. The third-order valence-electron chi connectivity index (χ3n) is 4.64. The molecule has 8 heteroatoms. The summed E-state index contributed by atoms with van der Waals surface area (Å²) in [5.41, 5.74) is 2.23. The second-order valence-electron chi connectivity index (χ2n) is 6.68. The van der Waals surface area contributed by atoms with Gasteiger partial charge in [-0.2, -0.15) is 4.98 Å². The number of methoxy groups -OCH3 is 1. The van der Waals surface area contributed by atoms with Crippen LogP contribution in [0.1, 0.15) is 19.5 Å². The molecule has 7 nitrogen and oxygen atoms in total. The zero-order chi connectivity index (χ0) is 22.2. The van der Waals surface area contributed by atoms with Crippen molar-refractivity contribution in [3.05, 3.63) is 60.3 Å². The number of ether oxygens (including phenoxy) is 2. The van der Waals surface area contributed by atoms with Crippen molar-refractivity contribution in [1.29, 1.82) is 0 Å². The highest BCUT2D eigenvalue weighted by atomic mass is 32.1. The summed E-state index contributed by atoms with van der Waals surface area (Å²) in [6, 6.07) is 17.0. The van der Waals surface area contributed by atoms with E-state index >= 15 is 0 Å². The van der Waals surface area contributed by atoms with Crippen LogP contribution in [0.5, 0.6) is 17.4 Å². The first kappa shape index (κ1) is 22.3. The third-order valence-corrected chi connectivity index (χ3v) is 4.84. The molecule has 162 valence electrons. The van der Waals surface area contributed by atoms with E-state index in [9.17, 15) is 0 Å². The summed E-state index contributed by atoms with van der Waals surface area (Å²) in [4.78, 5) is 11.4. The fourth-order valence-corrected chi connectivity index (χ4v) is 3.17. The van der Waals surface area contributed by atoms with Gasteiger partial charge in [-0.25, -0.2) is 4.98 Å². The van der Waals surface area contributed by atoms with Crippen LogP contribution in [0.3, 0.4) is 0 Å². The highest BCUT2D eigenvalue weighted by molar-refractivity contribution is 7.80. The SMILES string of the molecule is CCN(CC)c1nc(C)c(NC(=S)Nc2ccccc2)c(Oc2ccc(OC)cc2)n1. The Labute approximate surface area is 188 Å². The number of para-hydroxylation sites is 1. The molecule has 0 amide bonds. The number of aryl methyl sites for hydroxylation is 1. The van der Waals surface area contributed by atoms with Gasteiger partial charge < -0.3 is 25.0 Å². The minimum Gasteiger partial charge on any atom is -0.497 e. The largest absolute Gasteiger partial charge is 0.497 e. The second-order valence-corrected chi connectivity index (χ2v) is 7.09. The first-order chi connectivity index (χ1) is 15.0. The molecule has 2 N–H and O–H groups in total. The monoisotopic (exact) mass is 437 g/mol. The predicted octanol–water partition coefficient (Wildman–Crippen LogP) is 5.24. The Morgan fingerprint density at radius 3 is 2.19 bits per heavy atom. The summed E-state index contributed by atoms with van der Waals surface area (Å²) in [5, 5.41) is 6.79. The third kappa shape index (κ3) is 5.82. The molecule has 1 heterocycles. The minimum absolute atomic E-state index is 0.400. The number of hydrogen-bond donors (Lipinski definition) is 2. The van der Waals surface area contributed by atoms with Gasteiger partial charge >= 0.3 is 0 Å². The fourth-order valence-electron chi connectivity index (χ4n) is 2.95. The Morgan fingerprint density at radius 2 is 1.58 bits per heavy atom. The van der Waals surface area contributed by atoms with E-state index in [4.69, 9.17) is 21.7 Å². The Balaban J connectivity index is 1.92. The molecule has 0 aliphatic heterocycles. The molecular weight excluding hydrogens is 410 g/mol. The van der Waals surface area contributed by atoms with Crippen LogP contribution in [0, 0.1) is 6.92 Å². The molecule has 3 rings (SSSR count). The van der Waals surface area contributed by atoms with Crippen LogP contribution in [-0.2, 0) is 0 Å². The Kier molecular flexibility index (Phi) is 7.61. The Hall–Kier alpha value is -3.39. The van der Waals surface area contributed by atoms with Crippen LogP contribution in [0.15, 0.2) is 54.6 Å². The summed E-state index contributed by atoms with van der Waals surface area (Å²) in [7, 11) is 1.63. The van der Waals surface area contributed by atoms with Crippen molar-refractivity contribution in [3.63, 3.8) is 0 Å². The maximum absolute atomic E-state index is 6.14. The number of nitrogens with zero attached hydrogens (tertiary/aromatic N) is 3. The van der Waals surface area contributed by atoms with Crippen molar-refractivity contribution in [1.82, 2.24) is 9.97 Å². The number of anilines is 3. The van der Waals surface area contributed by atoms with Gasteiger partial charge in [-0.1, -0.05) is 18.2 Å². The molecule has 0 radical (unpaired) electrons. The van der Waals surface area contributed by atoms with E-state index in [1.807, 2.05) is 61.5 Å². The lowest BCUT2D eigenvalue weighted by atomic mass is 10.3. The Morgan fingerprint density at radius 1 is 0.935 bits per heavy atom. The summed E-state index contributed by atoms with van der Waals surface area (Å²) < 4.78 is 11.4. The van der Waals surface area contributed by atoms with Crippen molar-refractivity contribution < 1.29 is 9.47 Å². The summed E-state index contributed by atoms with van der Waals surface area (Å²) in [5.74, 6) is 2.39. The van der Waals surface area contributed by atoms with Crippen molar-refractivity contribution in [3.8, 4) is 17.4 Å². The number of thiocarbonyl (C=S) groups is 1. The summed E-state index contributed by atoms with van der Waals surface area (Å²) in [6.45, 7) is 7.62. The average molecular weight is 438 g/mol. The zero-order valence-electron chi connectivity index (χ0n) is 18.2. The van der Waals surface area contributed by atoms with Gasteiger partial charge in [-0.15, -0.1) is 0 Å². The highest BCUT2D eigenvalue weighted by Gasteiger charge is 2.18. The normalized spacial score (nSPS) is 10.3. The van der Waals surface area contributed by atoms with Crippen LogP contribution in [0.2, 0.25) is 0 Å². The maximum atomic E-state index is 6.14. The summed E-state index contributed by atoms with van der Waals surface area (Å²) in [6.07, 6.45) is 0. The molecule has 0 fully saturated rings. The van der Waals surface area contributed by atoms with E-state index < -0.39 is 0 Å². The van der Waals surface area contributed by atoms with Crippen molar-refractivity contribution in [2.75, 3.05) is 35.7 Å².